The standard InChI is InChI=1S/C13H15FN2O5/c1-8-4-11(12(16(19)20)6-10(8)14)15-2-3-21-9(7-15)5-13(17)18/h4,6,9H,2-3,5,7H2,1H3,(H,17,18). The molecule has 2 rings (SSSR count). The Bertz CT molecular complexity index is 578. The van der Waals surface area contributed by atoms with E-state index in [0.29, 0.717) is 12.1 Å². The Hall–Kier alpha value is -2.22. The van der Waals surface area contributed by atoms with E-state index in [1.165, 1.54) is 13.0 Å². The molecule has 1 fully saturated rings. The lowest BCUT2D eigenvalue weighted by Gasteiger charge is -2.33. The van der Waals surface area contributed by atoms with Crippen molar-refractivity contribution in [2.75, 3.05) is 24.6 Å². The quantitative estimate of drug-likeness (QED) is 0.672. The van der Waals surface area contributed by atoms with Crippen molar-refractivity contribution in [1.82, 2.24) is 0 Å². The molecular weight excluding hydrogens is 283 g/mol. The molecule has 0 amide bonds. The van der Waals surface area contributed by atoms with Crippen LogP contribution in [0.5, 0.6) is 0 Å². The highest BCUT2D eigenvalue weighted by atomic mass is 19.1. The van der Waals surface area contributed by atoms with Crippen LogP contribution in [0.4, 0.5) is 15.8 Å². The van der Waals surface area contributed by atoms with Crippen molar-refractivity contribution in [2.24, 2.45) is 0 Å². The van der Waals surface area contributed by atoms with E-state index < -0.39 is 22.8 Å². The lowest BCUT2D eigenvalue weighted by molar-refractivity contribution is -0.384. The maximum absolute atomic E-state index is 13.5. The van der Waals surface area contributed by atoms with Gasteiger partial charge in [0.15, 0.2) is 0 Å². The zero-order valence-corrected chi connectivity index (χ0v) is 11.4. The summed E-state index contributed by atoms with van der Waals surface area (Å²) in [5.41, 5.74) is 0.267. The number of aliphatic carboxylic acids is 1. The van der Waals surface area contributed by atoms with Gasteiger partial charge in [0.05, 0.1) is 30.1 Å². The van der Waals surface area contributed by atoms with Gasteiger partial charge in [0.2, 0.25) is 0 Å². The second kappa shape index (κ2) is 6.04. The summed E-state index contributed by atoms with van der Waals surface area (Å²) in [6.45, 7) is 2.41. The lowest BCUT2D eigenvalue weighted by atomic mass is 10.1. The second-order valence-electron chi connectivity index (χ2n) is 4.88. The topological polar surface area (TPSA) is 92.9 Å². The van der Waals surface area contributed by atoms with Gasteiger partial charge in [0.25, 0.3) is 5.69 Å². The summed E-state index contributed by atoms with van der Waals surface area (Å²) in [4.78, 5) is 22.8. The first kappa shape index (κ1) is 15.2. The van der Waals surface area contributed by atoms with Crippen LogP contribution in [-0.2, 0) is 9.53 Å². The van der Waals surface area contributed by atoms with Gasteiger partial charge >= 0.3 is 5.97 Å². The van der Waals surface area contributed by atoms with Gasteiger partial charge in [-0.05, 0) is 18.6 Å². The van der Waals surface area contributed by atoms with Crippen LogP contribution in [0.2, 0.25) is 0 Å². The molecule has 1 unspecified atom stereocenters. The second-order valence-corrected chi connectivity index (χ2v) is 4.88. The Balaban J connectivity index is 2.30. The number of rotatable bonds is 4. The molecule has 21 heavy (non-hydrogen) atoms. The number of hydrogen-bond donors (Lipinski definition) is 1. The molecule has 1 N–H and O–H groups in total. The molecular formula is C13H15FN2O5. The molecule has 1 aromatic carbocycles. The molecule has 1 aliphatic heterocycles. The SMILES string of the molecule is Cc1cc(N2CCOC(CC(=O)O)C2)c([N+](=O)[O-])cc1F. The molecule has 1 aromatic rings. The summed E-state index contributed by atoms with van der Waals surface area (Å²) in [6, 6.07) is 2.31. The fraction of sp³-hybridized carbons (Fsp3) is 0.462. The van der Waals surface area contributed by atoms with Gasteiger partial charge in [-0.1, -0.05) is 0 Å². The van der Waals surface area contributed by atoms with Crippen LogP contribution in [0.15, 0.2) is 12.1 Å². The Kier molecular flexibility index (Phi) is 4.37. The number of nitro benzene ring substituents is 1. The van der Waals surface area contributed by atoms with Crippen molar-refractivity contribution < 1.29 is 24.0 Å². The first-order chi connectivity index (χ1) is 9.88. The minimum atomic E-state index is -0.994. The molecule has 7 nitrogen and oxygen atoms in total. The summed E-state index contributed by atoms with van der Waals surface area (Å²) >= 11 is 0. The third kappa shape index (κ3) is 3.46. The largest absolute Gasteiger partial charge is 0.481 e. The fourth-order valence-electron chi connectivity index (χ4n) is 2.31. The number of aryl methyl sites for hydroxylation is 1. The zero-order chi connectivity index (χ0) is 15.6. The average Bonchev–Trinajstić information content (AvgIpc) is 2.40. The smallest absolute Gasteiger partial charge is 0.306 e. The van der Waals surface area contributed by atoms with Gasteiger partial charge in [0.1, 0.15) is 11.5 Å². The third-order valence-corrected chi connectivity index (χ3v) is 3.33. The molecule has 0 aliphatic carbocycles. The normalized spacial score (nSPS) is 18.6. The minimum Gasteiger partial charge on any atom is -0.481 e. The number of carboxylic acids is 1. The van der Waals surface area contributed by atoms with Gasteiger partial charge < -0.3 is 14.7 Å². The van der Waals surface area contributed by atoms with Crippen molar-refractivity contribution in [3.8, 4) is 0 Å². The van der Waals surface area contributed by atoms with Crippen LogP contribution < -0.4 is 4.90 Å². The Labute approximate surface area is 120 Å². The lowest BCUT2D eigenvalue weighted by Crippen LogP contribution is -2.43. The van der Waals surface area contributed by atoms with E-state index in [1.54, 1.807) is 4.90 Å². The maximum Gasteiger partial charge on any atom is 0.306 e. The molecule has 8 heteroatoms. The van der Waals surface area contributed by atoms with Crippen LogP contribution >= 0.6 is 0 Å². The van der Waals surface area contributed by atoms with Gasteiger partial charge in [0, 0.05) is 13.1 Å². The number of morpholine rings is 1. The van der Waals surface area contributed by atoms with Crippen molar-refractivity contribution in [2.45, 2.75) is 19.4 Å². The molecule has 114 valence electrons. The zero-order valence-electron chi connectivity index (χ0n) is 11.4. The van der Waals surface area contributed by atoms with Crippen molar-refractivity contribution >= 4 is 17.3 Å². The number of carboxylic acid groups (broad SMARTS) is 1. The molecule has 0 saturated carbocycles. The monoisotopic (exact) mass is 298 g/mol. The molecule has 0 bridgehead atoms. The minimum absolute atomic E-state index is 0.176. The number of ether oxygens (including phenoxy) is 1. The highest BCUT2D eigenvalue weighted by Gasteiger charge is 2.28. The molecule has 1 aliphatic rings. The Morgan fingerprint density at radius 1 is 1.62 bits per heavy atom. The number of anilines is 1. The first-order valence-corrected chi connectivity index (χ1v) is 6.41. The van der Waals surface area contributed by atoms with Crippen LogP contribution in [0, 0.1) is 22.9 Å². The average molecular weight is 298 g/mol. The van der Waals surface area contributed by atoms with Crippen molar-refractivity contribution in [3.05, 3.63) is 33.6 Å². The summed E-state index contributed by atoms with van der Waals surface area (Å²) in [5, 5.41) is 19.9. The third-order valence-electron chi connectivity index (χ3n) is 3.33. The van der Waals surface area contributed by atoms with E-state index in [2.05, 4.69) is 0 Å². The van der Waals surface area contributed by atoms with Crippen LogP contribution in [-0.4, -0.2) is 41.8 Å². The maximum atomic E-state index is 13.5. The number of carbonyl (C=O) groups is 1. The van der Waals surface area contributed by atoms with E-state index in [1.807, 2.05) is 0 Å². The van der Waals surface area contributed by atoms with Gasteiger partial charge in [-0.3, -0.25) is 14.9 Å². The number of benzene rings is 1. The van der Waals surface area contributed by atoms with E-state index in [0.717, 1.165) is 6.07 Å². The summed E-state index contributed by atoms with van der Waals surface area (Å²) in [7, 11) is 0. The first-order valence-electron chi connectivity index (χ1n) is 6.41. The fourth-order valence-corrected chi connectivity index (χ4v) is 2.31. The molecule has 1 saturated heterocycles. The molecule has 1 heterocycles. The van der Waals surface area contributed by atoms with Crippen molar-refractivity contribution in [3.63, 3.8) is 0 Å². The predicted octanol–water partition coefficient (Wildman–Crippen LogP) is 1.72. The van der Waals surface area contributed by atoms with Gasteiger partial charge in [-0.2, -0.15) is 0 Å². The molecule has 1 atom stereocenters. The number of nitro groups is 1. The highest BCUT2D eigenvalue weighted by Crippen LogP contribution is 2.32. The van der Waals surface area contributed by atoms with Crippen LogP contribution in [0.3, 0.4) is 0 Å². The van der Waals surface area contributed by atoms with Crippen LogP contribution in [0.1, 0.15) is 12.0 Å². The summed E-state index contributed by atoms with van der Waals surface area (Å²) in [5.74, 6) is -1.63. The van der Waals surface area contributed by atoms with Crippen LogP contribution in [0.25, 0.3) is 0 Å². The number of nitrogens with zero attached hydrogens (tertiary/aromatic N) is 2. The molecule has 0 spiro atoms. The van der Waals surface area contributed by atoms with E-state index in [-0.39, 0.29) is 30.9 Å². The molecule has 0 radical (unpaired) electrons. The number of hydrogen-bond acceptors (Lipinski definition) is 5. The Morgan fingerprint density at radius 3 is 2.95 bits per heavy atom. The Morgan fingerprint density at radius 2 is 2.33 bits per heavy atom. The van der Waals surface area contributed by atoms with E-state index in [9.17, 15) is 19.3 Å². The van der Waals surface area contributed by atoms with Gasteiger partial charge in [-0.15, -0.1) is 0 Å². The van der Waals surface area contributed by atoms with E-state index in [4.69, 9.17) is 9.84 Å². The van der Waals surface area contributed by atoms with E-state index >= 15 is 0 Å². The van der Waals surface area contributed by atoms with Crippen molar-refractivity contribution in [1.29, 1.82) is 0 Å². The van der Waals surface area contributed by atoms with Gasteiger partial charge in [-0.25, -0.2) is 4.39 Å². The highest BCUT2D eigenvalue weighted by molar-refractivity contribution is 5.68. The summed E-state index contributed by atoms with van der Waals surface area (Å²) in [6.07, 6.45) is -0.717. The number of halogens is 1. The predicted molar refractivity (Wildman–Crippen MR) is 72.0 cm³/mol. The summed E-state index contributed by atoms with van der Waals surface area (Å²) < 4.78 is 18.8. The molecule has 0 aromatic heterocycles.